The number of carbonyl (C=O) groups excluding carboxylic acids is 1. The summed E-state index contributed by atoms with van der Waals surface area (Å²) >= 11 is 12.1. The maximum absolute atomic E-state index is 13.8. The highest BCUT2D eigenvalue weighted by Crippen LogP contribution is 2.55. The second kappa shape index (κ2) is 8.95. The fourth-order valence-electron chi connectivity index (χ4n) is 4.56. The molecule has 1 saturated carbocycles. The fourth-order valence-corrected chi connectivity index (χ4v) is 5.00. The van der Waals surface area contributed by atoms with E-state index in [9.17, 15) is 18.0 Å². The van der Waals surface area contributed by atoms with E-state index in [-0.39, 0.29) is 23.2 Å². The van der Waals surface area contributed by atoms with Crippen molar-refractivity contribution in [2.24, 2.45) is 5.41 Å². The predicted molar refractivity (Wildman–Crippen MR) is 126 cm³/mol. The molecule has 1 N–H and O–H groups in total. The number of halogens is 5. The Kier molecular flexibility index (Phi) is 6.09. The number of amides is 1. The molecule has 1 saturated heterocycles. The summed E-state index contributed by atoms with van der Waals surface area (Å²) in [6, 6.07) is 7.71. The molecule has 6 nitrogen and oxygen atoms in total. The molecule has 1 aromatic carbocycles. The lowest BCUT2D eigenvalue weighted by molar-refractivity contribution is -0.137. The van der Waals surface area contributed by atoms with Crippen molar-refractivity contribution in [3.8, 4) is 11.4 Å². The number of likely N-dealkylation sites (tertiary alicyclic amines) is 1. The lowest BCUT2D eigenvalue weighted by atomic mass is 10.0. The highest BCUT2D eigenvalue weighted by molar-refractivity contribution is 6.31. The first kappa shape index (κ1) is 23.8. The molecule has 2 fully saturated rings. The first-order chi connectivity index (χ1) is 16.7. The minimum absolute atomic E-state index is 0.0786. The third-order valence-electron chi connectivity index (χ3n) is 6.53. The van der Waals surface area contributed by atoms with E-state index in [0.29, 0.717) is 41.3 Å². The van der Waals surface area contributed by atoms with Crippen LogP contribution in [0.2, 0.25) is 10.0 Å². The Morgan fingerprint density at radius 3 is 2.54 bits per heavy atom. The molecule has 1 atom stereocenters. The van der Waals surface area contributed by atoms with Crippen LogP contribution in [0.1, 0.15) is 35.2 Å². The molecule has 35 heavy (non-hydrogen) atoms. The van der Waals surface area contributed by atoms with Gasteiger partial charge in [-0.3, -0.25) is 4.79 Å². The third kappa shape index (κ3) is 4.92. The molecule has 3 heterocycles. The van der Waals surface area contributed by atoms with Crippen LogP contribution in [0.3, 0.4) is 0 Å². The summed E-state index contributed by atoms with van der Waals surface area (Å²) in [7, 11) is 0. The Labute approximate surface area is 209 Å². The van der Waals surface area contributed by atoms with Gasteiger partial charge in [-0.1, -0.05) is 23.2 Å². The number of alkyl halides is 3. The van der Waals surface area contributed by atoms with Gasteiger partial charge < -0.3 is 10.2 Å². The van der Waals surface area contributed by atoms with Crippen LogP contribution in [-0.4, -0.2) is 44.9 Å². The maximum atomic E-state index is 13.8. The highest BCUT2D eigenvalue weighted by atomic mass is 35.5. The summed E-state index contributed by atoms with van der Waals surface area (Å²) in [6.07, 6.45) is 2.20. The summed E-state index contributed by atoms with van der Waals surface area (Å²) in [5.41, 5.74) is 0.0764. The number of rotatable bonds is 5. The van der Waals surface area contributed by atoms with E-state index >= 15 is 0 Å². The van der Waals surface area contributed by atoms with Gasteiger partial charge in [-0.05, 0) is 55.0 Å². The summed E-state index contributed by atoms with van der Waals surface area (Å²) in [6.45, 7) is 0.918. The van der Waals surface area contributed by atoms with Gasteiger partial charge in [0.15, 0.2) is 5.82 Å². The summed E-state index contributed by atoms with van der Waals surface area (Å²) < 4.78 is 38.9. The molecule has 182 valence electrons. The second-order valence-corrected chi connectivity index (χ2v) is 9.82. The van der Waals surface area contributed by atoms with Gasteiger partial charge in [-0.2, -0.15) is 13.2 Å². The molecule has 2 aliphatic rings. The number of hydrogen-bond donors (Lipinski definition) is 1. The number of anilines is 1. The van der Waals surface area contributed by atoms with Crippen molar-refractivity contribution < 1.29 is 18.0 Å². The number of nitrogens with zero attached hydrogens (tertiary/aromatic N) is 4. The highest BCUT2D eigenvalue weighted by Gasteiger charge is 2.53. The van der Waals surface area contributed by atoms with Crippen LogP contribution < -0.4 is 5.32 Å². The lowest BCUT2D eigenvalue weighted by Crippen LogP contribution is -2.40. The van der Waals surface area contributed by atoms with Crippen LogP contribution in [0.25, 0.3) is 11.4 Å². The number of pyridine rings is 1. The van der Waals surface area contributed by atoms with Gasteiger partial charge in [0, 0.05) is 48.3 Å². The zero-order valence-electron chi connectivity index (χ0n) is 18.3. The Morgan fingerprint density at radius 1 is 1.14 bits per heavy atom. The topological polar surface area (TPSA) is 71.0 Å². The Morgan fingerprint density at radius 2 is 1.89 bits per heavy atom. The van der Waals surface area contributed by atoms with Crippen molar-refractivity contribution in [2.45, 2.75) is 31.5 Å². The number of hydrogen-bond acceptors (Lipinski definition) is 5. The van der Waals surface area contributed by atoms with Gasteiger partial charge in [-0.15, -0.1) is 0 Å². The quantitative estimate of drug-likeness (QED) is 0.447. The SMILES string of the molecule is O=C(c1cc(Cl)ccc1-c1ncccn1)N1CC2(CC2)C[C@H]1CNc1cc(Cl)c(C(F)(F)F)cn1. The molecular weight excluding hydrogens is 502 g/mol. The lowest BCUT2D eigenvalue weighted by Gasteiger charge is -2.26. The molecule has 1 aliphatic carbocycles. The Bertz CT molecular complexity index is 1270. The summed E-state index contributed by atoms with van der Waals surface area (Å²) in [4.78, 5) is 28.0. The number of aromatic nitrogens is 3. The first-order valence-corrected chi connectivity index (χ1v) is 11.8. The van der Waals surface area contributed by atoms with Crippen LogP contribution in [0.15, 0.2) is 48.9 Å². The molecule has 1 aliphatic heterocycles. The molecule has 11 heteroatoms. The molecule has 0 unspecified atom stereocenters. The normalized spacial score (nSPS) is 18.7. The predicted octanol–water partition coefficient (Wildman–Crippen LogP) is 5.97. The van der Waals surface area contributed by atoms with Crippen molar-refractivity contribution in [3.63, 3.8) is 0 Å². The molecule has 1 amide bonds. The van der Waals surface area contributed by atoms with E-state index in [1.54, 1.807) is 36.7 Å². The van der Waals surface area contributed by atoms with E-state index in [4.69, 9.17) is 23.2 Å². The standard InChI is InChI=1S/C24H20Cl2F3N5O/c25-14-2-3-16(21-30-6-1-7-31-21)17(8-14)22(35)34-13-23(4-5-23)10-15(34)11-32-20-9-19(26)18(12-33-20)24(27,28)29/h1-3,6-9,12,15H,4-5,10-11,13H2,(H,32,33)/t15-/m0/s1. The van der Waals surface area contributed by atoms with Crippen molar-refractivity contribution in [1.29, 1.82) is 0 Å². The zero-order chi connectivity index (χ0) is 24.8. The van der Waals surface area contributed by atoms with E-state index < -0.39 is 16.8 Å². The molecule has 1 spiro atoms. The van der Waals surface area contributed by atoms with Crippen LogP contribution in [0.5, 0.6) is 0 Å². The first-order valence-electron chi connectivity index (χ1n) is 11.0. The van der Waals surface area contributed by atoms with Crippen molar-refractivity contribution in [3.05, 3.63) is 70.1 Å². The minimum atomic E-state index is -4.58. The van der Waals surface area contributed by atoms with Crippen molar-refractivity contribution >= 4 is 34.9 Å². The van der Waals surface area contributed by atoms with Crippen LogP contribution >= 0.6 is 23.2 Å². The average molecular weight is 522 g/mol. The minimum Gasteiger partial charge on any atom is -0.368 e. The second-order valence-electron chi connectivity index (χ2n) is 8.98. The number of benzene rings is 1. The summed E-state index contributed by atoms with van der Waals surface area (Å²) in [5, 5.41) is 3.05. The molecular formula is C24H20Cl2F3N5O. The maximum Gasteiger partial charge on any atom is 0.419 e. The van der Waals surface area contributed by atoms with E-state index in [1.807, 2.05) is 4.90 Å². The monoisotopic (exact) mass is 521 g/mol. The molecule has 5 rings (SSSR count). The fraction of sp³-hybridized carbons (Fsp3) is 0.333. The van der Waals surface area contributed by atoms with Crippen molar-refractivity contribution in [2.75, 3.05) is 18.4 Å². The number of nitrogens with one attached hydrogen (secondary N) is 1. The van der Waals surface area contributed by atoms with E-state index in [2.05, 4.69) is 20.3 Å². The summed E-state index contributed by atoms with van der Waals surface area (Å²) in [5.74, 6) is 0.448. The molecule has 0 radical (unpaired) electrons. The largest absolute Gasteiger partial charge is 0.419 e. The van der Waals surface area contributed by atoms with Crippen LogP contribution in [0, 0.1) is 5.41 Å². The van der Waals surface area contributed by atoms with Gasteiger partial charge in [0.05, 0.1) is 16.1 Å². The van der Waals surface area contributed by atoms with Gasteiger partial charge in [-0.25, -0.2) is 15.0 Å². The van der Waals surface area contributed by atoms with Gasteiger partial charge >= 0.3 is 6.18 Å². The van der Waals surface area contributed by atoms with Gasteiger partial charge in [0.2, 0.25) is 0 Å². The van der Waals surface area contributed by atoms with Gasteiger partial charge in [0.1, 0.15) is 5.82 Å². The molecule has 2 aromatic heterocycles. The Balaban J connectivity index is 1.39. The van der Waals surface area contributed by atoms with E-state index in [0.717, 1.165) is 25.3 Å². The zero-order valence-corrected chi connectivity index (χ0v) is 19.8. The third-order valence-corrected chi connectivity index (χ3v) is 7.08. The number of carbonyl (C=O) groups is 1. The Hall–Kier alpha value is -2.91. The van der Waals surface area contributed by atoms with Crippen LogP contribution in [0.4, 0.5) is 19.0 Å². The van der Waals surface area contributed by atoms with Gasteiger partial charge in [0.25, 0.3) is 5.91 Å². The van der Waals surface area contributed by atoms with Crippen molar-refractivity contribution in [1.82, 2.24) is 19.9 Å². The molecule has 3 aromatic rings. The average Bonchev–Trinajstić information content (AvgIpc) is 3.48. The van der Waals surface area contributed by atoms with Crippen LogP contribution in [-0.2, 0) is 6.18 Å². The molecule has 0 bridgehead atoms. The van der Waals surface area contributed by atoms with E-state index in [1.165, 1.54) is 0 Å². The smallest absolute Gasteiger partial charge is 0.368 e.